The molecule has 0 aliphatic carbocycles. The number of halogens is 2. The number of rotatable bonds is 8. The number of anilines is 1. The first-order valence-electron chi connectivity index (χ1n) is 9.61. The molecule has 0 spiro atoms. The van der Waals surface area contributed by atoms with Crippen LogP contribution in [0.4, 0.5) is 5.69 Å². The van der Waals surface area contributed by atoms with Gasteiger partial charge in [-0.05, 0) is 61.7 Å². The van der Waals surface area contributed by atoms with Crippen LogP contribution in [0.25, 0.3) is 0 Å². The van der Waals surface area contributed by atoms with Crippen LogP contribution in [0.15, 0.2) is 54.6 Å². The number of hydrogen-bond acceptors (Lipinski definition) is 3. The molecule has 1 N–H and O–H groups in total. The Hall–Kier alpha value is -2.36. The van der Waals surface area contributed by atoms with Gasteiger partial charge in [-0.2, -0.15) is 0 Å². The first-order chi connectivity index (χ1) is 14.0. The molecule has 0 atom stereocenters. The van der Waals surface area contributed by atoms with E-state index in [2.05, 4.69) is 37.4 Å². The van der Waals surface area contributed by atoms with Gasteiger partial charge in [0.25, 0.3) is 0 Å². The third-order valence-corrected chi connectivity index (χ3v) is 5.44. The van der Waals surface area contributed by atoms with Gasteiger partial charge in [-0.1, -0.05) is 53.5 Å². The van der Waals surface area contributed by atoms with Gasteiger partial charge in [-0.25, -0.2) is 0 Å². The van der Waals surface area contributed by atoms with Gasteiger partial charge in [-0.3, -0.25) is 0 Å². The molecule has 3 aromatic rings. The highest BCUT2D eigenvalue weighted by Gasteiger charge is 2.14. The molecule has 0 unspecified atom stereocenters. The second-order valence-corrected chi connectivity index (χ2v) is 7.63. The lowest BCUT2D eigenvalue weighted by Gasteiger charge is -2.17. The lowest BCUT2D eigenvalue weighted by atomic mass is 10.1. The minimum Gasteiger partial charge on any atom is -0.490 e. The van der Waals surface area contributed by atoms with Gasteiger partial charge in [0.05, 0.1) is 11.6 Å². The highest BCUT2D eigenvalue weighted by atomic mass is 35.5. The van der Waals surface area contributed by atoms with Gasteiger partial charge in [-0.15, -0.1) is 0 Å². The van der Waals surface area contributed by atoms with Gasteiger partial charge in [0.2, 0.25) is 0 Å². The molecular formula is C24H25Cl2NO2. The molecule has 0 amide bonds. The van der Waals surface area contributed by atoms with E-state index in [1.54, 1.807) is 0 Å². The average molecular weight is 430 g/mol. The predicted octanol–water partition coefficient (Wildman–Crippen LogP) is 7.20. The summed E-state index contributed by atoms with van der Waals surface area (Å²) in [5, 5.41) is 4.66. The van der Waals surface area contributed by atoms with Crippen LogP contribution >= 0.6 is 23.2 Å². The number of ether oxygens (including phenoxy) is 2. The van der Waals surface area contributed by atoms with E-state index in [4.69, 9.17) is 32.7 Å². The molecule has 0 saturated carbocycles. The Labute approximate surface area is 182 Å². The van der Waals surface area contributed by atoms with Crippen LogP contribution in [0.2, 0.25) is 10.0 Å². The number of hydrogen-bond donors (Lipinski definition) is 1. The largest absolute Gasteiger partial charge is 0.490 e. The SMILES string of the molecule is CCOc1cc(CNc2cccc(C)c2C)cc(Cl)c1OCc1ccccc1Cl. The first-order valence-corrected chi connectivity index (χ1v) is 10.4. The fourth-order valence-corrected chi connectivity index (χ4v) is 3.51. The van der Waals surface area contributed by atoms with Crippen molar-refractivity contribution in [3.05, 3.63) is 86.9 Å². The molecule has 0 bridgehead atoms. The molecule has 0 saturated heterocycles. The van der Waals surface area contributed by atoms with Crippen molar-refractivity contribution >= 4 is 28.9 Å². The zero-order valence-corrected chi connectivity index (χ0v) is 18.4. The van der Waals surface area contributed by atoms with E-state index in [1.165, 1.54) is 11.1 Å². The van der Waals surface area contributed by atoms with E-state index in [1.807, 2.05) is 43.3 Å². The number of benzene rings is 3. The van der Waals surface area contributed by atoms with Crippen LogP contribution in [-0.2, 0) is 13.2 Å². The predicted molar refractivity (Wildman–Crippen MR) is 122 cm³/mol. The van der Waals surface area contributed by atoms with Crippen molar-refractivity contribution in [2.24, 2.45) is 0 Å². The summed E-state index contributed by atoms with van der Waals surface area (Å²) in [5.74, 6) is 1.16. The van der Waals surface area contributed by atoms with Gasteiger partial charge >= 0.3 is 0 Å². The highest BCUT2D eigenvalue weighted by molar-refractivity contribution is 6.32. The second kappa shape index (κ2) is 9.91. The number of aryl methyl sites for hydroxylation is 1. The van der Waals surface area contributed by atoms with Gasteiger partial charge in [0.1, 0.15) is 6.61 Å². The molecule has 29 heavy (non-hydrogen) atoms. The molecule has 3 rings (SSSR count). The summed E-state index contributed by atoms with van der Waals surface area (Å²) < 4.78 is 11.8. The topological polar surface area (TPSA) is 30.5 Å². The van der Waals surface area contributed by atoms with Gasteiger partial charge in [0, 0.05) is 22.8 Å². The summed E-state index contributed by atoms with van der Waals surface area (Å²) >= 11 is 12.8. The zero-order valence-electron chi connectivity index (χ0n) is 16.9. The van der Waals surface area contributed by atoms with E-state index in [9.17, 15) is 0 Å². The van der Waals surface area contributed by atoms with E-state index in [-0.39, 0.29) is 0 Å². The Kier molecular flexibility index (Phi) is 7.29. The normalized spacial score (nSPS) is 10.7. The lowest BCUT2D eigenvalue weighted by molar-refractivity contribution is 0.269. The summed E-state index contributed by atoms with van der Waals surface area (Å²) in [5.41, 5.74) is 5.52. The van der Waals surface area contributed by atoms with E-state index in [0.29, 0.717) is 41.3 Å². The van der Waals surface area contributed by atoms with E-state index < -0.39 is 0 Å². The van der Waals surface area contributed by atoms with E-state index in [0.717, 1.165) is 16.8 Å². The van der Waals surface area contributed by atoms with Crippen molar-refractivity contribution in [3.8, 4) is 11.5 Å². The maximum atomic E-state index is 6.55. The fourth-order valence-electron chi connectivity index (χ4n) is 3.03. The Balaban J connectivity index is 1.78. The maximum absolute atomic E-state index is 6.55. The zero-order chi connectivity index (χ0) is 20.8. The van der Waals surface area contributed by atoms with E-state index >= 15 is 0 Å². The van der Waals surface area contributed by atoms with Crippen LogP contribution < -0.4 is 14.8 Å². The van der Waals surface area contributed by atoms with Crippen LogP contribution in [0, 0.1) is 13.8 Å². The minimum atomic E-state index is 0.319. The third kappa shape index (κ3) is 5.37. The standard InChI is InChI=1S/C24H25Cl2NO2/c1-4-28-23-13-18(14-27-22-11-7-8-16(2)17(22)3)12-21(26)24(23)29-15-19-9-5-6-10-20(19)25/h5-13,27H,4,14-15H2,1-3H3. The summed E-state index contributed by atoms with van der Waals surface area (Å²) in [6, 6.07) is 17.7. The average Bonchev–Trinajstić information content (AvgIpc) is 2.70. The Morgan fingerprint density at radius 3 is 2.45 bits per heavy atom. The molecule has 3 nitrogen and oxygen atoms in total. The van der Waals surface area contributed by atoms with Crippen LogP contribution in [0.1, 0.15) is 29.2 Å². The third-order valence-electron chi connectivity index (χ3n) is 4.79. The highest BCUT2D eigenvalue weighted by Crippen LogP contribution is 2.38. The molecule has 152 valence electrons. The van der Waals surface area contributed by atoms with Gasteiger partial charge in [0.15, 0.2) is 11.5 Å². The first kappa shape index (κ1) is 21.4. The summed E-state index contributed by atoms with van der Waals surface area (Å²) in [4.78, 5) is 0. The molecule has 0 heterocycles. The van der Waals surface area contributed by atoms with Crippen molar-refractivity contribution in [2.75, 3.05) is 11.9 Å². The molecule has 0 aromatic heterocycles. The molecule has 0 aliphatic rings. The summed E-state index contributed by atoms with van der Waals surface area (Å²) in [6.45, 7) is 7.63. The quantitative estimate of drug-likeness (QED) is 0.410. The molecule has 3 aromatic carbocycles. The Morgan fingerprint density at radius 2 is 1.69 bits per heavy atom. The van der Waals surface area contributed by atoms with Crippen molar-refractivity contribution in [1.82, 2.24) is 0 Å². The van der Waals surface area contributed by atoms with Crippen molar-refractivity contribution in [2.45, 2.75) is 33.9 Å². The Morgan fingerprint density at radius 1 is 0.897 bits per heavy atom. The summed E-state index contributed by atoms with van der Waals surface area (Å²) in [7, 11) is 0. The minimum absolute atomic E-state index is 0.319. The monoisotopic (exact) mass is 429 g/mol. The van der Waals surface area contributed by atoms with Crippen LogP contribution in [-0.4, -0.2) is 6.61 Å². The maximum Gasteiger partial charge on any atom is 0.180 e. The summed E-state index contributed by atoms with van der Waals surface area (Å²) in [6.07, 6.45) is 0. The van der Waals surface area contributed by atoms with Crippen LogP contribution in [0.3, 0.4) is 0 Å². The molecule has 0 fully saturated rings. The molecule has 0 aliphatic heterocycles. The molecule has 0 radical (unpaired) electrons. The smallest absolute Gasteiger partial charge is 0.180 e. The van der Waals surface area contributed by atoms with Crippen molar-refractivity contribution in [1.29, 1.82) is 0 Å². The van der Waals surface area contributed by atoms with Gasteiger partial charge < -0.3 is 14.8 Å². The fraction of sp³-hybridized carbons (Fsp3) is 0.250. The second-order valence-electron chi connectivity index (χ2n) is 6.82. The van der Waals surface area contributed by atoms with Crippen molar-refractivity contribution in [3.63, 3.8) is 0 Å². The molecular weight excluding hydrogens is 405 g/mol. The molecule has 5 heteroatoms. The Bertz CT molecular complexity index is 989. The number of nitrogens with one attached hydrogen (secondary N) is 1. The van der Waals surface area contributed by atoms with Crippen LogP contribution in [0.5, 0.6) is 11.5 Å². The van der Waals surface area contributed by atoms with Crippen molar-refractivity contribution < 1.29 is 9.47 Å². The lowest BCUT2D eigenvalue weighted by Crippen LogP contribution is -2.05.